The maximum absolute atomic E-state index is 13.3. The first-order valence-electron chi connectivity index (χ1n) is 12.7. The fourth-order valence-electron chi connectivity index (χ4n) is 4.52. The van der Waals surface area contributed by atoms with Crippen LogP contribution in [0.3, 0.4) is 0 Å². The van der Waals surface area contributed by atoms with E-state index < -0.39 is 12.8 Å². The number of imidazole rings is 1. The van der Waals surface area contributed by atoms with E-state index in [-0.39, 0.29) is 11.7 Å². The highest BCUT2D eigenvalue weighted by Gasteiger charge is 2.31. The van der Waals surface area contributed by atoms with E-state index in [1.807, 2.05) is 17.7 Å². The molecule has 0 unspecified atom stereocenters. The first kappa shape index (κ1) is 27.2. The Kier molecular flexibility index (Phi) is 7.91. The third-order valence-electron chi connectivity index (χ3n) is 6.67. The van der Waals surface area contributed by atoms with E-state index in [1.54, 1.807) is 12.1 Å². The number of likely N-dealkylation sites (N-methyl/N-ethyl adjacent to an activating group) is 1. The average molecular weight is 562 g/mol. The van der Waals surface area contributed by atoms with Crippen LogP contribution in [-0.4, -0.2) is 89.3 Å². The minimum atomic E-state index is -3.88. The van der Waals surface area contributed by atoms with Crippen LogP contribution in [0, 0.1) is 0 Å². The molecule has 9 nitrogen and oxygen atoms in total. The van der Waals surface area contributed by atoms with Crippen LogP contribution in [0.25, 0.3) is 21.3 Å². The number of hydrogen-bond acceptors (Lipinski definition) is 8. The van der Waals surface area contributed by atoms with Crippen molar-refractivity contribution in [2.75, 3.05) is 58.3 Å². The number of hydrogen-bond donors (Lipinski definition) is 2. The van der Waals surface area contributed by atoms with Crippen molar-refractivity contribution < 1.29 is 22.7 Å². The van der Waals surface area contributed by atoms with Crippen molar-refractivity contribution in [1.29, 1.82) is 0 Å². The first-order chi connectivity index (χ1) is 18.7. The third-order valence-corrected chi connectivity index (χ3v) is 7.60. The smallest absolute Gasteiger partial charge is 0.427 e. The van der Waals surface area contributed by atoms with Crippen LogP contribution in [0.15, 0.2) is 36.4 Å². The maximum Gasteiger partial charge on any atom is 0.427 e. The Morgan fingerprint density at radius 3 is 2.74 bits per heavy atom. The summed E-state index contributed by atoms with van der Waals surface area (Å²) in [5.41, 5.74) is 2.57. The summed E-state index contributed by atoms with van der Waals surface area (Å²) in [6.07, 6.45) is -2.75. The molecule has 3 heterocycles. The second-order valence-electron chi connectivity index (χ2n) is 9.60. The molecular weight excluding hydrogens is 531 g/mol. The number of anilines is 2. The lowest BCUT2D eigenvalue weighted by atomic mass is 10.2. The minimum Gasteiger partial charge on any atom is -0.431 e. The lowest BCUT2D eigenvalue weighted by Crippen LogP contribution is -2.36. The monoisotopic (exact) mass is 561 g/mol. The number of rotatable bonds is 9. The summed E-state index contributed by atoms with van der Waals surface area (Å²) in [5, 5.41) is 6.66. The van der Waals surface area contributed by atoms with Crippen LogP contribution in [0.4, 0.5) is 24.3 Å². The van der Waals surface area contributed by atoms with Crippen molar-refractivity contribution in [3.05, 3.63) is 42.0 Å². The lowest BCUT2D eigenvalue weighted by molar-refractivity contribution is -0.186. The van der Waals surface area contributed by atoms with Crippen LogP contribution in [-0.2, 0) is 7.05 Å². The van der Waals surface area contributed by atoms with Crippen molar-refractivity contribution >= 4 is 49.6 Å². The zero-order valence-corrected chi connectivity index (χ0v) is 22.5. The average Bonchev–Trinajstić information content (AvgIpc) is 3.37. The van der Waals surface area contributed by atoms with E-state index in [2.05, 4.69) is 42.2 Å². The normalized spacial score (nSPS) is 15.5. The molecule has 1 saturated heterocycles. The molecule has 5 rings (SSSR count). The van der Waals surface area contributed by atoms with Gasteiger partial charge in [0, 0.05) is 38.8 Å². The van der Waals surface area contributed by atoms with Crippen LogP contribution >= 0.6 is 11.3 Å². The standard InChI is InChI=1S/C26H30F3N7O2S/c1-34-9-3-10-36(13-12-34)11-8-30-23(37)17-4-7-21-20(14-17)31-24(35(21)2)33-25-32-19-6-5-18(15-22(19)39-25)38-26(28,29)16-27/h4-7,14-15H,3,8-13,16H2,1-2H3,(H,30,37)(H,31,32,33). The SMILES string of the molecule is CN1CCCN(CCNC(=O)c2ccc3c(c2)nc(Nc2nc4ccc(OC(F)(F)CF)cc4s2)n3C)CC1. The van der Waals surface area contributed by atoms with Gasteiger partial charge in [0.15, 0.2) is 11.8 Å². The number of ether oxygens (including phenoxy) is 1. The Morgan fingerprint density at radius 1 is 1.08 bits per heavy atom. The van der Waals surface area contributed by atoms with Gasteiger partial charge >= 0.3 is 6.11 Å². The first-order valence-corrected chi connectivity index (χ1v) is 13.5. The fourth-order valence-corrected chi connectivity index (χ4v) is 5.41. The molecule has 0 bridgehead atoms. The van der Waals surface area contributed by atoms with Crippen molar-refractivity contribution in [3.63, 3.8) is 0 Å². The summed E-state index contributed by atoms with van der Waals surface area (Å²) in [6.45, 7) is 3.65. The van der Waals surface area contributed by atoms with Gasteiger partial charge in [0.05, 0.1) is 21.3 Å². The molecule has 0 aliphatic carbocycles. The molecule has 13 heteroatoms. The van der Waals surface area contributed by atoms with Crippen molar-refractivity contribution in [2.45, 2.75) is 12.5 Å². The molecule has 1 fully saturated rings. The van der Waals surface area contributed by atoms with Gasteiger partial charge in [0.2, 0.25) is 5.95 Å². The fraction of sp³-hybridized carbons (Fsp3) is 0.423. The number of nitrogens with one attached hydrogen (secondary N) is 2. The second kappa shape index (κ2) is 11.4. The van der Waals surface area contributed by atoms with E-state index in [9.17, 15) is 18.0 Å². The number of thiazole rings is 1. The topological polar surface area (TPSA) is 87.6 Å². The number of alkyl halides is 3. The molecule has 0 spiro atoms. The Balaban J connectivity index is 1.24. The van der Waals surface area contributed by atoms with E-state index in [0.29, 0.717) is 38.9 Å². The molecule has 4 aromatic rings. The number of amides is 1. The predicted octanol–water partition coefficient (Wildman–Crippen LogP) is 4.24. The summed E-state index contributed by atoms with van der Waals surface area (Å²) in [5.74, 6) is 0.215. The maximum atomic E-state index is 13.3. The van der Waals surface area contributed by atoms with Crippen molar-refractivity contribution in [1.82, 2.24) is 29.7 Å². The number of nitrogens with zero attached hydrogens (tertiary/aromatic N) is 5. The molecule has 1 amide bonds. The lowest BCUT2D eigenvalue weighted by Gasteiger charge is -2.20. The molecular formula is C26H30F3N7O2S. The molecule has 208 valence electrons. The van der Waals surface area contributed by atoms with E-state index >= 15 is 0 Å². The Hall–Kier alpha value is -3.42. The van der Waals surface area contributed by atoms with Crippen LogP contribution in [0.1, 0.15) is 16.8 Å². The van der Waals surface area contributed by atoms with Crippen molar-refractivity contribution in [2.24, 2.45) is 7.05 Å². The van der Waals surface area contributed by atoms with Gasteiger partial charge in [-0.15, -0.1) is 0 Å². The number of benzene rings is 2. The van der Waals surface area contributed by atoms with Gasteiger partial charge in [-0.3, -0.25) is 4.79 Å². The molecule has 1 aliphatic rings. The zero-order valence-electron chi connectivity index (χ0n) is 21.7. The number of fused-ring (bicyclic) bond motifs is 2. The molecule has 2 aromatic heterocycles. The van der Waals surface area contributed by atoms with Gasteiger partial charge < -0.3 is 29.7 Å². The number of carbonyl (C=O) groups excluding carboxylic acids is 1. The van der Waals surface area contributed by atoms with Gasteiger partial charge in [0.25, 0.3) is 5.91 Å². The van der Waals surface area contributed by atoms with Crippen LogP contribution in [0.5, 0.6) is 5.75 Å². The highest BCUT2D eigenvalue weighted by Crippen LogP contribution is 2.33. The summed E-state index contributed by atoms with van der Waals surface area (Å²) in [7, 11) is 3.97. The minimum absolute atomic E-state index is 0.145. The molecule has 39 heavy (non-hydrogen) atoms. The second-order valence-corrected chi connectivity index (χ2v) is 10.6. The Labute approximate surface area is 227 Å². The highest BCUT2D eigenvalue weighted by atomic mass is 32.1. The van der Waals surface area contributed by atoms with Gasteiger partial charge in [0.1, 0.15) is 5.75 Å². The Morgan fingerprint density at radius 2 is 1.92 bits per heavy atom. The number of aryl methyl sites for hydroxylation is 1. The number of carbonyl (C=O) groups is 1. The van der Waals surface area contributed by atoms with Crippen molar-refractivity contribution in [3.8, 4) is 5.75 Å². The quantitative estimate of drug-likeness (QED) is 0.316. The van der Waals surface area contributed by atoms with E-state index in [4.69, 9.17) is 0 Å². The molecule has 2 aromatic carbocycles. The van der Waals surface area contributed by atoms with Crippen LogP contribution in [0.2, 0.25) is 0 Å². The molecule has 0 atom stereocenters. The third kappa shape index (κ3) is 6.43. The molecule has 2 N–H and O–H groups in total. The summed E-state index contributed by atoms with van der Waals surface area (Å²) in [4.78, 5) is 26.6. The predicted molar refractivity (Wildman–Crippen MR) is 146 cm³/mol. The van der Waals surface area contributed by atoms with Gasteiger partial charge in [-0.25, -0.2) is 14.4 Å². The largest absolute Gasteiger partial charge is 0.431 e. The number of aromatic nitrogens is 3. The molecule has 1 aliphatic heterocycles. The van der Waals surface area contributed by atoms with Crippen LogP contribution < -0.4 is 15.4 Å². The summed E-state index contributed by atoms with van der Waals surface area (Å²) in [6, 6.07) is 9.63. The summed E-state index contributed by atoms with van der Waals surface area (Å²) < 4.78 is 45.8. The van der Waals surface area contributed by atoms with E-state index in [0.717, 1.165) is 44.7 Å². The molecule has 0 radical (unpaired) electrons. The number of halogens is 3. The van der Waals surface area contributed by atoms with Gasteiger partial charge in [-0.1, -0.05) is 11.3 Å². The highest BCUT2D eigenvalue weighted by molar-refractivity contribution is 7.22. The molecule has 0 saturated carbocycles. The van der Waals surface area contributed by atoms with Gasteiger partial charge in [-0.2, -0.15) is 8.78 Å². The zero-order chi connectivity index (χ0) is 27.6. The Bertz CT molecular complexity index is 1470. The summed E-state index contributed by atoms with van der Waals surface area (Å²) >= 11 is 1.22. The van der Waals surface area contributed by atoms with E-state index in [1.165, 1.54) is 29.5 Å². The van der Waals surface area contributed by atoms with Gasteiger partial charge in [-0.05, 0) is 63.0 Å².